The number of ether oxygens (including phenoxy) is 2. The van der Waals surface area contributed by atoms with Crippen LogP contribution in [0.4, 0.5) is 0 Å². The van der Waals surface area contributed by atoms with Crippen LogP contribution in [0, 0.1) is 5.41 Å². The van der Waals surface area contributed by atoms with Crippen LogP contribution in [0.15, 0.2) is 18.2 Å². The molecule has 1 fully saturated rings. The molecule has 0 radical (unpaired) electrons. The van der Waals surface area contributed by atoms with Gasteiger partial charge in [0, 0.05) is 24.1 Å². The van der Waals surface area contributed by atoms with Crippen molar-refractivity contribution in [3.63, 3.8) is 0 Å². The molecular formula is C18H27NO2. The first-order valence-corrected chi connectivity index (χ1v) is 8.14. The van der Waals surface area contributed by atoms with Crippen LogP contribution in [-0.2, 0) is 0 Å². The number of fused-ring (bicyclic) bond motifs is 1. The van der Waals surface area contributed by atoms with E-state index in [1.807, 2.05) is 12.1 Å². The molecule has 21 heavy (non-hydrogen) atoms. The summed E-state index contributed by atoms with van der Waals surface area (Å²) < 4.78 is 11.2. The van der Waals surface area contributed by atoms with Crippen LogP contribution in [0.1, 0.15) is 57.6 Å². The molecule has 1 aromatic rings. The molecule has 1 aliphatic heterocycles. The highest BCUT2D eigenvalue weighted by molar-refractivity contribution is 5.43. The second-order valence-corrected chi connectivity index (χ2v) is 7.22. The van der Waals surface area contributed by atoms with Gasteiger partial charge in [0.15, 0.2) is 0 Å². The fourth-order valence-electron chi connectivity index (χ4n) is 3.80. The summed E-state index contributed by atoms with van der Waals surface area (Å²) in [6.45, 7) is 5.58. The van der Waals surface area contributed by atoms with Crippen LogP contribution < -0.4 is 14.8 Å². The van der Waals surface area contributed by atoms with Gasteiger partial charge in [-0.2, -0.15) is 0 Å². The van der Waals surface area contributed by atoms with Crippen LogP contribution >= 0.6 is 0 Å². The first kappa shape index (κ1) is 14.7. The van der Waals surface area contributed by atoms with E-state index in [0.29, 0.717) is 17.5 Å². The second-order valence-electron chi connectivity index (χ2n) is 7.22. The van der Waals surface area contributed by atoms with E-state index in [-0.39, 0.29) is 0 Å². The largest absolute Gasteiger partial charge is 0.497 e. The van der Waals surface area contributed by atoms with E-state index in [0.717, 1.165) is 24.5 Å². The van der Waals surface area contributed by atoms with Gasteiger partial charge in [0.2, 0.25) is 0 Å². The molecule has 3 heteroatoms. The summed E-state index contributed by atoms with van der Waals surface area (Å²) >= 11 is 0. The van der Waals surface area contributed by atoms with Crippen LogP contribution in [0.2, 0.25) is 0 Å². The van der Waals surface area contributed by atoms with Crippen molar-refractivity contribution in [3.8, 4) is 11.5 Å². The Kier molecular flexibility index (Phi) is 4.12. The van der Waals surface area contributed by atoms with Crippen LogP contribution in [0.5, 0.6) is 11.5 Å². The van der Waals surface area contributed by atoms with Gasteiger partial charge in [-0.1, -0.05) is 20.3 Å². The zero-order chi connectivity index (χ0) is 14.9. The molecule has 0 saturated heterocycles. The topological polar surface area (TPSA) is 30.5 Å². The van der Waals surface area contributed by atoms with Gasteiger partial charge in [-0.15, -0.1) is 0 Å². The Morgan fingerprint density at radius 2 is 2.14 bits per heavy atom. The molecule has 1 saturated carbocycles. The third kappa shape index (κ3) is 3.34. The molecule has 0 bridgehead atoms. The Labute approximate surface area is 128 Å². The molecule has 1 heterocycles. The lowest BCUT2D eigenvalue weighted by Gasteiger charge is -2.38. The monoisotopic (exact) mass is 289 g/mol. The van der Waals surface area contributed by atoms with Crippen molar-refractivity contribution in [2.24, 2.45) is 5.41 Å². The van der Waals surface area contributed by atoms with Gasteiger partial charge >= 0.3 is 0 Å². The molecule has 3 rings (SSSR count). The summed E-state index contributed by atoms with van der Waals surface area (Å²) in [7, 11) is 1.72. The maximum absolute atomic E-state index is 5.79. The number of nitrogens with one attached hydrogen (secondary N) is 1. The van der Waals surface area contributed by atoms with Crippen LogP contribution in [0.3, 0.4) is 0 Å². The summed E-state index contributed by atoms with van der Waals surface area (Å²) in [5, 5.41) is 3.89. The third-order valence-corrected chi connectivity index (χ3v) is 4.90. The van der Waals surface area contributed by atoms with Gasteiger partial charge in [-0.25, -0.2) is 0 Å². The highest BCUT2D eigenvalue weighted by Gasteiger charge is 2.31. The minimum Gasteiger partial charge on any atom is -0.497 e. The maximum atomic E-state index is 5.79. The van der Waals surface area contributed by atoms with Crippen LogP contribution in [-0.4, -0.2) is 19.8 Å². The highest BCUT2D eigenvalue weighted by atomic mass is 16.5. The lowest BCUT2D eigenvalue weighted by molar-refractivity contribution is 0.173. The molecule has 0 spiro atoms. The molecule has 0 aromatic heterocycles. The Morgan fingerprint density at radius 1 is 1.29 bits per heavy atom. The number of hydrogen-bond donors (Lipinski definition) is 1. The number of rotatable bonds is 3. The second kappa shape index (κ2) is 5.88. The standard InChI is InChI=1S/C18H27NO2/c1-18(2)9-4-5-13(12-18)19-16-8-10-21-17-7-6-14(20-3)11-15(16)17/h6-7,11,13,16,19H,4-5,8-10,12H2,1-3H3. The average Bonchev–Trinajstić information content (AvgIpc) is 2.46. The zero-order valence-corrected chi connectivity index (χ0v) is 13.4. The van der Waals surface area contributed by atoms with E-state index >= 15 is 0 Å². The van der Waals surface area contributed by atoms with Crippen molar-refractivity contribution in [2.75, 3.05) is 13.7 Å². The Morgan fingerprint density at radius 3 is 2.90 bits per heavy atom. The molecule has 0 amide bonds. The molecule has 3 nitrogen and oxygen atoms in total. The minimum atomic E-state index is 0.391. The first-order valence-electron chi connectivity index (χ1n) is 8.14. The van der Waals surface area contributed by atoms with Crippen molar-refractivity contribution >= 4 is 0 Å². The lowest BCUT2D eigenvalue weighted by Crippen LogP contribution is -2.40. The van der Waals surface area contributed by atoms with E-state index in [9.17, 15) is 0 Å². The summed E-state index contributed by atoms with van der Waals surface area (Å²) in [6, 6.07) is 7.15. The summed E-state index contributed by atoms with van der Waals surface area (Å²) in [5.41, 5.74) is 1.72. The van der Waals surface area contributed by atoms with Crippen molar-refractivity contribution in [3.05, 3.63) is 23.8 Å². The fourth-order valence-corrected chi connectivity index (χ4v) is 3.80. The van der Waals surface area contributed by atoms with Gasteiger partial charge in [0.1, 0.15) is 11.5 Å². The van der Waals surface area contributed by atoms with Gasteiger partial charge in [0.25, 0.3) is 0 Å². The molecule has 1 aromatic carbocycles. The molecular weight excluding hydrogens is 262 g/mol. The van der Waals surface area contributed by atoms with E-state index in [1.54, 1.807) is 7.11 Å². The minimum absolute atomic E-state index is 0.391. The Bertz CT molecular complexity index is 498. The summed E-state index contributed by atoms with van der Waals surface area (Å²) in [4.78, 5) is 0. The molecule has 2 unspecified atom stereocenters. The predicted octanol–water partition coefficient (Wildman–Crippen LogP) is 4.08. The third-order valence-electron chi connectivity index (χ3n) is 4.90. The number of benzene rings is 1. The predicted molar refractivity (Wildman–Crippen MR) is 85.0 cm³/mol. The van der Waals surface area contributed by atoms with Crippen molar-refractivity contribution < 1.29 is 9.47 Å². The van der Waals surface area contributed by atoms with Crippen molar-refractivity contribution in [1.29, 1.82) is 0 Å². The van der Waals surface area contributed by atoms with E-state index < -0.39 is 0 Å². The fraction of sp³-hybridized carbons (Fsp3) is 0.667. The molecule has 2 aliphatic rings. The maximum Gasteiger partial charge on any atom is 0.124 e. The quantitative estimate of drug-likeness (QED) is 0.909. The highest BCUT2D eigenvalue weighted by Crippen LogP contribution is 2.39. The normalized spacial score (nSPS) is 27.6. The Balaban J connectivity index is 1.75. The van der Waals surface area contributed by atoms with Gasteiger partial charge in [0.05, 0.1) is 13.7 Å². The number of methoxy groups -OCH3 is 1. The van der Waals surface area contributed by atoms with Gasteiger partial charge in [-0.05, 0) is 42.9 Å². The van der Waals surface area contributed by atoms with E-state index in [4.69, 9.17) is 9.47 Å². The van der Waals surface area contributed by atoms with Crippen molar-refractivity contribution in [1.82, 2.24) is 5.32 Å². The smallest absolute Gasteiger partial charge is 0.124 e. The average molecular weight is 289 g/mol. The Hall–Kier alpha value is -1.22. The van der Waals surface area contributed by atoms with Gasteiger partial charge < -0.3 is 14.8 Å². The molecule has 1 aliphatic carbocycles. The van der Waals surface area contributed by atoms with E-state index in [2.05, 4.69) is 25.2 Å². The van der Waals surface area contributed by atoms with Crippen molar-refractivity contribution in [2.45, 2.75) is 58.0 Å². The van der Waals surface area contributed by atoms with Crippen LogP contribution in [0.25, 0.3) is 0 Å². The first-order chi connectivity index (χ1) is 10.1. The van der Waals surface area contributed by atoms with E-state index in [1.165, 1.54) is 31.2 Å². The SMILES string of the molecule is COc1ccc2c(c1)C(NC1CCCC(C)(C)C1)CCO2. The molecule has 2 atom stereocenters. The lowest BCUT2D eigenvalue weighted by atomic mass is 9.75. The summed E-state index contributed by atoms with van der Waals surface area (Å²) in [6.07, 6.45) is 6.28. The zero-order valence-electron chi connectivity index (χ0n) is 13.4. The molecule has 116 valence electrons. The summed E-state index contributed by atoms with van der Waals surface area (Å²) in [5.74, 6) is 1.92. The van der Waals surface area contributed by atoms with Gasteiger partial charge in [-0.3, -0.25) is 0 Å². The molecule has 1 N–H and O–H groups in total. The number of hydrogen-bond acceptors (Lipinski definition) is 3.